The molecule has 0 aliphatic rings. The zero-order valence-corrected chi connectivity index (χ0v) is 5.04. The molecule has 0 fully saturated rings. The molecule has 0 nitrogen and oxygen atoms in total. The van der Waals surface area contributed by atoms with Gasteiger partial charge in [0.1, 0.15) is 0 Å². The van der Waals surface area contributed by atoms with Crippen LogP contribution in [-0.4, -0.2) is 37.7 Å². The summed E-state index contributed by atoms with van der Waals surface area (Å²) in [6.07, 6.45) is 0.750. The molecule has 1 heteroatoms. The summed E-state index contributed by atoms with van der Waals surface area (Å²) >= 11 is 0. The van der Waals surface area contributed by atoms with Crippen LogP contribution in [0.15, 0.2) is 0 Å². The van der Waals surface area contributed by atoms with Gasteiger partial charge in [-0.3, -0.25) is 0 Å². The first-order valence-electron chi connectivity index (χ1n) is 1.000. The molecule has 20 valence electrons. The Kier molecular flexibility index (Phi) is 19.9. The van der Waals surface area contributed by atoms with Crippen LogP contribution in [-0.2, 0) is 0 Å². The molecule has 0 aliphatic carbocycles. The van der Waals surface area contributed by atoms with E-state index in [0.717, 1.165) is 6.42 Å². The molecule has 0 unspecified atom stereocenters. The summed E-state index contributed by atoms with van der Waals surface area (Å²) < 4.78 is 0. The van der Waals surface area contributed by atoms with E-state index in [-0.39, 0.29) is 37.7 Å². The zero-order chi connectivity index (χ0) is 2.71. The molecule has 0 aromatic heterocycles. The quantitative estimate of drug-likeness (QED) is 0.297. The molecule has 0 heterocycles. The largest absolute Gasteiger partial charge is 2.00 e. The molecule has 0 atom stereocenters. The average molecular weight is 82.2 g/mol. The molecule has 4 heavy (non-hydrogen) atoms. The van der Waals surface area contributed by atoms with Crippen LogP contribution < -0.4 is 0 Å². The molecule has 0 aliphatic heterocycles. The normalized spacial score (nSPS) is 4.50. The Morgan fingerprint density at radius 1 is 1.25 bits per heavy atom. The second-order valence-corrected chi connectivity index (χ2v) is 0.354. The Morgan fingerprint density at radius 2 is 1.25 bits per heavy atom. The van der Waals surface area contributed by atoms with E-state index in [1.807, 2.05) is 0 Å². The predicted molar refractivity (Wildman–Crippen MR) is 21.1 cm³/mol. The van der Waals surface area contributed by atoms with E-state index >= 15 is 0 Å². The van der Waals surface area contributed by atoms with Gasteiger partial charge in [0, 0.05) is 0 Å². The molecule has 0 spiro atoms. The van der Waals surface area contributed by atoms with E-state index in [1.54, 1.807) is 0 Å². The smallest absolute Gasteiger partial charge is 0.372 e. The zero-order valence-electron chi connectivity index (χ0n) is 2.83. The van der Waals surface area contributed by atoms with Crippen molar-refractivity contribution in [1.82, 2.24) is 0 Å². The number of rotatable bonds is 0. The van der Waals surface area contributed by atoms with Crippen molar-refractivity contribution in [2.24, 2.45) is 0 Å². The Hall–Kier alpha value is 1.26. The molecule has 0 amide bonds. The fourth-order valence-electron chi connectivity index (χ4n) is 0. The van der Waals surface area contributed by atoms with E-state index in [4.69, 9.17) is 0 Å². The summed E-state index contributed by atoms with van der Waals surface area (Å²) in [6.45, 7) is 6.75. The van der Waals surface area contributed by atoms with Crippen molar-refractivity contribution >= 4 is 37.7 Å². The Labute approximate surface area is 57.6 Å². The van der Waals surface area contributed by atoms with Crippen molar-refractivity contribution in [3.63, 3.8) is 0 Å². The minimum absolute atomic E-state index is 0. The minimum Gasteiger partial charge on any atom is -0.372 e. The summed E-state index contributed by atoms with van der Waals surface area (Å²) in [5.74, 6) is 0. The summed E-state index contributed by atoms with van der Waals surface area (Å²) in [6, 6.07) is 0. The van der Waals surface area contributed by atoms with E-state index in [1.165, 1.54) is 0 Å². The molecular weight excluding hydrogens is 76.1 g/mol. The van der Waals surface area contributed by atoms with Crippen LogP contribution in [0.3, 0.4) is 0 Å². The molecule has 0 rings (SSSR count). The summed E-state index contributed by atoms with van der Waals surface area (Å²) in [4.78, 5) is 0. The van der Waals surface area contributed by atoms with Gasteiger partial charge in [-0.2, -0.15) is 0 Å². The van der Waals surface area contributed by atoms with Gasteiger partial charge in [-0.25, -0.2) is 0 Å². The Bertz CT molecular complexity index is 3.25. The summed E-state index contributed by atoms with van der Waals surface area (Å²) in [5, 5.41) is 0. The molecule has 0 bridgehead atoms. The molecular formula is C3H6Ca. The van der Waals surface area contributed by atoms with Crippen LogP contribution in [0.1, 0.15) is 6.42 Å². The topological polar surface area (TPSA) is 0 Å². The Morgan fingerprint density at radius 3 is 1.25 bits per heavy atom. The van der Waals surface area contributed by atoms with Crippen molar-refractivity contribution in [2.45, 2.75) is 6.42 Å². The van der Waals surface area contributed by atoms with Crippen molar-refractivity contribution in [1.29, 1.82) is 0 Å². The van der Waals surface area contributed by atoms with Gasteiger partial charge < -0.3 is 20.3 Å². The van der Waals surface area contributed by atoms with E-state index < -0.39 is 0 Å². The van der Waals surface area contributed by atoms with Crippen molar-refractivity contribution in [3.8, 4) is 0 Å². The van der Waals surface area contributed by atoms with Crippen LogP contribution in [0.5, 0.6) is 0 Å². The molecule has 0 aromatic carbocycles. The Balaban J connectivity index is 0. The van der Waals surface area contributed by atoms with E-state index in [9.17, 15) is 0 Å². The van der Waals surface area contributed by atoms with Crippen molar-refractivity contribution in [3.05, 3.63) is 13.8 Å². The summed E-state index contributed by atoms with van der Waals surface area (Å²) in [5.41, 5.74) is 0. The van der Waals surface area contributed by atoms with Crippen LogP contribution in [0.4, 0.5) is 0 Å². The third-order valence-electron chi connectivity index (χ3n) is 0. The average Bonchev–Trinajstić information content (AvgIpc) is 0.918. The van der Waals surface area contributed by atoms with Gasteiger partial charge in [-0.05, 0) is 0 Å². The van der Waals surface area contributed by atoms with E-state index in [2.05, 4.69) is 13.8 Å². The number of hydrogen-bond acceptors (Lipinski definition) is 0. The monoisotopic (exact) mass is 82.0 g/mol. The summed E-state index contributed by atoms with van der Waals surface area (Å²) in [7, 11) is 0. The van der Waals surface area contributed by atoms with Gasteiger partial charge >= 0.3 is 37.7 Å². The second-order valence-electron chi connectivity index (χ2n) is 0.354. The predicted octanol–water partition coefficient (Wildman–Crippen LogP) is 0.664. The maximum absolute atomic E-state index is 3.38. The van der Waals surface area contributed by atoms with Gasteiger partial charge in [-0.15, -0.1) is 0 Å². The van der Waals surface area contributed by atoms with Gasteiger partial charge in [0.05, 0.1) is 0 Å². The molecule has 0 radical (unpaired) electrons. The second kappa shape index (κ2) is 8.86. The van der Waals surface area contributed by atoms with Crippen LogP contribution >= 0.6 is 0 Å². The van der Waals surface area contributed by atoms with Gasteiger partial charge in [0.15, 0.2) is 0 Å². The molecule has 0 N–H and O–H groups in total. The maximum atomic E-state index is 3.38. The maximum Gasteiger partial charge on any atom is 2.00 e. The van der Waals surface area contributed by atoms with Crippen molar-refractivity contribution < 1.29 is 0 Å². The van der Waals surface area contributed by atoms with Gasteiger partial charge in [0.25, 0.3) is 0 Å². The number of hydrogen-bond donors (Lipinski definition) is 0. The van der Waals surface area contributed by atoms with Crippen LogP contribution in [0.25, 0.3) is 0 Å². The minimum atomic E-state index is 0. The van der Waals surface area contributed by atoms with E-state index in [0.29, 0.717) is 0 Å². The van der Waals surface area contributed by atoms with Gasteiger partial charge in [0.2, 0.25) is 0 Å². The fraction of sp³-hybridized carbons (Fsp3) is 0.333. The molecule has 0 saturated heterocycles. The standard InChI is InChI=1S/C3H6.Ca/c1-3-2;/h1-3H2;/q-2;+2. The third kappa shape index (κ3) is 10.5. The first-order chi connectivity index (χ1) is 1.41. The van der Waals surface area contributed by atoms with Crippen molar-refractivity contribution in [2.75, 3.05) is 0 Å². The SMILES string of the molecule is [CH2-]C[CH2-].[Ca+2]. The van der Waals surface area contributed by atoms with Crippen LogP contribution in [0.2, 0.25) is 0 Å². The van der Waals surface area contributed by atoms with Crippen LogP contribution in [0, 0.1) is 13.8 Å². The first kappa shape index (κ1) is 8.98. The fourth-order valence-corrected chi connectivity index (χ4v) is 0. The first-order valence-corrected chi connectivity index (χ1v) is 1.000. The molecule has 0 saturated carbocycles. The third-order valence-corrected chi connectivity index (χ3v) is 0. The van der Waals surface area contributed by atoms with Gasteiger partial charge in [-0.1, -0.05) is 0 Å². The molecule has 0 aromatic rings.